The van der Waals surface area contributed by atoms with Crippen LogP contribution in [0.2, 0.25) is 0 Å². The van der Waals surface area contributed by atoms with E-state index in [2.05, 4.69) is 4.98 Å². The summed E-state index contributed by atoms with van der Waals surface area (Å²) >= 11 is 0. The number of carboxylic acid groups (broad SMARTS) is 1. The lowest BCUT2D eigenvalue weighted by Crippen LogP contribution is -2.46. The molecule has 0 aromatic carbocycles. The summed E-state index contributed by atoms with van der Waals surface area (Å²) in [5, 5.41) is 59.6. The molecule has 0 radical (unpaired) electrons. The minimum absolute atomic E-state index is 0.442. The van der Waals surface area contributed by atoms with Crippen molar-refractivity contribution in [3.63, 3.8) is 0 Å². The maximum absolute atomic E-state index is 10.4. The van der Waals surface area contributed by atoms with E-state index < -0.39 is 49.5 Å². The van der Waals surface area contributed by atoms with Gasteiger partial charge in [-0.15, -0.1) is 0 Å². The van der Waals surface area contributed by atoms with Crippen LogP contribution in [-0.2, 0) is 4.79 Å². The van der Waals surface area contributed by atoms with Crippen LogP contribution in [0.4, 0.5) is 0 Å². The van der Waals surface area contributed by atoms with Gasteiger partial charge in [0.25, 0.3) is 5.97 Å². The topological polar surface area (TPSA) is 215 Å². The number of hydrogen-bond donors (Lipinski definition) is 8. The first-order chi connectivity index (χ1) is 11.6. The van der Waals surface area contributed by atoms with Crippen LogP contribution in [0, 0.1) is 0 Å². The quantitative estimate of drug-likeness (QED) is 0.251. The third kappa shape index (κ3) is 12.9. The van der Waals surface area contributed by atoms with E-state index in [0.29, 0.717) is 5.56 Å². The van der Waals surface area contributed by atoms with Gasteiger partial charge in [-0.05, 0) is 12.1 Å². The van der Waals surface area contributed by atoms with Gasteiger partial charge in [-0.25, -0.2) is 0 Å². The van der Waals surface area contributed by atoms with Crippen LogP contribution in [-0.4, -0.2) is 90.2 Å². The summed E-state index contributed by atoms with van der Waals surface area (Å²) in [6, 6.07) is 3.29. The number of rotatable bonds is 6. The molecule has 1 heterocycles. The predicted octanol–water partition coefficient (Wildman–Crippen LogP) is -3.31. The second-order valence-corrected chi connectivity index (χ2v) is 4.61. The molecule has 144 valence electrons. The van der Waals surface area contributed by atoms with Crippen molar-refractivity contribution < 1.29 is 45.3 Å². The fraction of sp³-hybridized carbons (Fsp3) is 0.500. The molecule has 1 aromatic heterocycles. The summed E-state index contributed by atoms with van der Waals surface area (Å²) in [6.07, 6.45) is -3.37. The molecule has 0 saturated carbocycles. The number of pyridine rings is 1. The number of hydrogen-bond acceptors (Lipinski definition) is 9. The van der Waals surface area contributed by atoms with E-state index in [0.717, 1.165) is 6.92 Å². The lowest BCUT2D eigenvalue weighted by atomic mass is 10.0. The Morgan fingerprint density at radius 3 is 1.68 bits per heavy atom. The Kier molecular flexibility index (Phi) is 14.3. The maximum atomic E-state index is 10.4. The first kappa shape index (κ1) is 25.1. The highest BCUT2D eigenvalue weighted by Gasteiger charge is 2.29. The van der Waals surface area contributed by atoms with Crippen LogP contribution in [0.1, 0.15) is 17.3 Å². The molecule has 0 aliphatic rings. The second-order valence-electron chi connectivity index (χ2n) is 4.61. The number of carboxylic acids is 1. The SMILES string of the molecule is CC(=O)O.NC(=O)c1cccnc1.OCC(O)C(O)C(O)C(O)CO. The number of nitrogens with two attached hydrogens (primary N) is 1. The first-order valence-corrected chi connectivity index (χ1v) is 6.91. The summed E-state index contributed by atoms with van der Waals surface area (Å²) in [5.74, 6) is -1.27. The largest absolute Gasteiger partial charge is 0.481 e. The number of carbonyl (C=O) groups is 2. The van der Waals surface area contributed by atoms with E-state index in [1.807, 2.05) is 0 Å². The molecule has 0 aliphatic carbocycles. The zero-order valence-corrected chi connectivity index (χ0v) is 13.5. The normalized spacial score (nSPS) is 14.5. The molecule has 25 heavy (non-hydrogen) atoms. The van der Waals surface area contributed by atoms with E-state index in [1.54, 1.807) is 18.3 Å². The number of nitrogens with zero attached hydrogens (tertiary/aromatic N) is 1. The van der Waals surface area contributed by atoms with Crippen molar-refractivity contribution in [1.82, 2.24) is 4.98 Å². The highest BCUT2D eigenvalue weighted by molar-refractivity contribution is 5.92. The summed E-state index contributed by atoms with van der Waals surface area (Å²) in [5.41, 5.74) is 5.38. The van der Waals surface area contributed by atoms with Gasteiger partial charge in [-0.3, -0.25) is 14.6 Å². The van der Waals surface area contributed by atoms with E-state index >= 15 is 0 Å². The van der Waals surface area contributed by atoms with Gasteiger partial charge in [-0.2, -0.15) is 0 Å². The molecule has 4 unspecified atom stereocenters. The fourth-order valence-corrected chi connectivity index (χ4v) is 1.18. The van der Waals surface area contributed by atoms with Gasteiger partial charge in [-0.1, -0.05) is 0 Å². The van der Waals surface area contributed by atoms with Crippen molar-refractivity contribution in [2.24, 2.45) is 5.73 Å². The fourth-order valence-electron chi connectivity index (χ4n) is 1.18. The Labute approximate surface area is 143 Å². The standard InChI is InChI=1S/C6H6N2O.C6H14O6.C2H4O2/c7-6(9)5-2-1-3-8-4-5;7-1-3(9)5(11)6(12)4(10)2-8;1-2(3)4/h1-4H,(H2,7,9);3-12H,1-2H2;1H3,(H,3,4). The Morgan fingerprint density at radius 2 is 1.48 bits per heavy atom. The van der Waals surface area contributed by atoms with Crippen molar-refractivity contribution in [3.8, 4) is 0 Å². The molecule has 4 atom stereocenters. The van der Waals surface area contributed by atoms with Crippen molar-refractivity contribution >= 4 is 11.9 Å². The molecule has 0 spiro atoms. The third-order valence-electron chi connectivity index (χ3n) is 2.46. The Bertz CT molecular complexity index is 468. The third-order valence-corrected chi connectivity index (χ3v) is 2.46. The Hall–Kier alpha value is -2.15. The lowest BCUT2D eigenvalue weighted by molar-refractivity contribution is -0.134. The van der Waals surface area contributed by atoms with Crippen LogP contribution in [0.3, 0.4) is 0 Å². The summed E-state index contributed by atoms with van der Waals surface area (Å²) in [4.78, 5) is 23.1. The molecule has 0 fully saturated rings. The number of aliphatic hydroxyl groups is 6. The zero-order valence-electron chi connectivity index (χ0n) is 13.5. The second kappa shape index (κ2) is 14.2. The van der Waals surface area contributed by atoms with E-state index in [9.17, 15) is 4.79 Å². The Morgan fingerprint density at radius 1 is 1.08 bits per heavy atom. The van der Waals surface area contributed by atoms with Gasteiger partial charge in [0.05, 0.1) is 18.8 Å². The van der Waals surface area contributed by atoms with Gasteiger partial charge in [0.1, 0.15) is 24.4 Å². The van der Waals surface area contributed by atoms with E-state index in [4.69, 9.17) is 46.3 Å². The molecule has 0 bridgehead atoms. The number of aliphatic hydroxyl groups excluding tert-OH is 6. The lowest BCUT2D eigenvalue weighted by Gasteiger charge is -2.24. The van der Waals surface area contributed by atoms with Gasteiger partial charge in [0, 0.05) is 19.3 Å². The Balaban J connectivity index is 0. The number of amides is 1. The monoisotopic (exact) mass is 364 g/mol. The van der Waals surface area contributed by atoms with Gasteiger partial charge >= 0.3 is 0 Å². The smallest absolute Gasteiger partial charge is 0.300 e. The molecule has 0 aliphatic heterocycles. The van der Waals surface area contributed by atoms with E-state index in [-0.39, 0.29) is 0 Å². The minimum atomic E-state index is -1.67. The van der Waals surface area contributed by atoms with Crippen LogP contribution >= 0.6 is 0 Å². The zero-order chi connectivity index (χ0) is 20.0. The maximum Gasteiger partial charge on any atom is 0.300 e. The molecule has 1 amide bonds. The number of aromatic nitrogens is 1. The van der Waals surface area contributed by atoms with Crippen molar-refractivity contribution in [2.45, 2.75) is 31.3 Å². The molecule has 0 saturated heterocycles. The molecular weight excluding hydrogens is 340 g/mol. The highest BCUT2D eigenvalue weighted by Crippen LogP contribution is 2.04. The van der Waals surface area contributed by atoms with Crippen LogP contribution < -0.4 is 5.73 Å². The van der Waals surface area contributed by atoms with Gasteiger partial charge < -0.3 is 41.5 Å². The van der Waals surface area contributed by atoms with Crippen molar-refractivity contribution in [2.75, 3.05) is 13.2 Å². The number of carbonyl (C=O) groups excluding carboxylic acids is 1. The van der Waals surface area contributed by atoms with E-state index in [1.165, 1.54) is 6.20 Å². The molecule has 9 N–H and O–H groups in total. The predicted molar refractivity (Wildman–Crippen MR) is 84.3 cm³/mol. The molecule has 11 heteroatoms. The van der Waals surface area contributed by atoms with Crippen LogP contribution in [0.15, 0.2) is 24.5 Å². The average Bonchev–Trinajstić information content (AvgIpc) is 2.59. The minimum Gasteiger partial charge on any atom is -0.481 e. The highest BCUT2D eigenvalue weighted by atomic mass is 16.4. The summed E-state index contributed by atoms with van der Waals surface area (Å²) in [6.45, 7) is -0.368. The first-order valence-electron chi connectivity index (χ1n) is 6.91. The average molecular weight is 364 g/mol. The van der Waals surface area contributed by atoms with Gasteiger partial charge in [0.15, 0.2) is 0 Å². The molecule has 1 aromatic rings. The molecule has 1 rings (SSSR count). The summed E-state index contributed by atoms with van der Waals surface area (Å²) < 4.78 is 0. The van der Waals surface area contributed by atoms with Crippen molar-refractivity contribution in [1.29, 1.82) is 0 Å². The molecule has 11 nitrogen and oxygen atoms in total. The summed E-state index contributed by atoms with van der Waals surface area (Å²) in [7, 11) is 0. The molecular formula is C14H24N2O9. The number of primary amides is 1. The van der Waals surface area contributed by atoms with Gasteiger partial charge in [0.2, 0.25) is 5.91 Å². The van der Waals surface area contributed by atoms with Crippen LogP contribution in [0.25, 0.3) is 0 Å². The number of aliphatic carboxylic acids is 1. The van der Waals surface area contributed by atoms with Crippen molar-refractivity contribution in [3.05, 3.63) is 30.1 Å². The van der Waals surface area contributed by atoms with Crippen LogP contribution in [0.5, 0.6) is 0 Å².